The SMILES string of the molecule is Cc1ccc(-c2csc3ncnc(Nc4cc(Cl)cc(Cl)c4)c23)cc1C.Cl. The molecule has 2 heterocycles. The van der Waals surface area contributed by atoms with E-state index in [2.05, 4.69) is 52.7 Å². The van der Waals surface area contributed by atoms with E-state index in [-0.39, 0.29) is 12.4 Å². The van der Waals surface area contributed by atoms with Crippen LogP contribution in [0.3, 0.4) is 0 Å². The molecule has 138 valence electrons. The van der Waals surface area contributed by atoms with Crippen LogP contribution in [0.2, 0.25) is 10.0 Å². The van der Waals surface area contributed by atoms with Crippen LogP contribution < -0.4 is 5.32 Å². The number of aryl methyl sites for hydroxylation is 2. The molecular weight excluding hydrogens is 421 g/mol. The highest BCUT2D eigenvalue weighted by atomic mass is 35.5. The number of thiophene rings is 1. The van der Waals surface area contributed by atoms with Crippen molar-refractivity contribution in [3.05, 3.63) is 69.3 Å². The van der Waals surface area contributed by atoms with Gasteiger partial charge in [0.25, 0.3) is 0 Å². The molecule has 0 aliphatic carbocycles. The Morgan fingerprint density at radius 2 is 1.67 bits per heavy atom. The molecule has 27 heavy (non-hydrogen) atoms. The van der Waals surface area contributed by atoms with Gasteiger partial charge < -0.3 is 5.32 Å². The summed E-state index contributed by atoms with van der Waals surface area (Å²) in [5.41, 5.74) is 5.59. The van der Waals surface area contributed by atoms with Gasteiger partial charge in [0.05, 0.1) is 5.39 Å². The Bertz CT molecular complexity index is 1100. The molecule has 0 saturated heterocycles. The van der Waals surface area contributed by atoms with Gasteiger partial charge in [-0.3, -0.25) is 0 Å². The first-order valence-corrected chi connectivity index (χ1v) is 9.68. The number of hydrogen-bond donors (Lipinski definition) is 1. The zero-order chi connectivity index (χ0) is 18.3. The molecule has 0 radical (unpaired) electrons. The number of nitrogens with zero attached hydrogens (tertiary/aromatic N) is 2. The molecule has 3 nitrogen and oxygen atoms in total. The van der Waals surface area contributed by atoms with Crippen LogP contribution in [0.4, 0.5) is 11.5 Å². The molecule has 0 aliphatic rings. The first kappa shape index (κ1) is 19.9. The number of benzene rings is 2. The maximum absolute atomic E-state index is 6.12. The summed E-state index contributed by atoms with van der Waals surface area (Å²) in [4.78, 5) is 9.81. The fourth-order valence-electron chi connectivity index (χ4n) is 2.85. The highest BCUT2D eigenvalue weighted by Gasteiger charge is 2.14. The average molecular weight is 437 g/mol. The van der Waals surface area contributed by atoms with E-state index in [1.165, 1.54) is 11.1 Å². The van der Waals surface area contributed by atoms with Crippen molar-refractivity contribution in [1.29, 1.82) is 0 Å². The minimum absolute atomic E-state index is 0. The summed E-state index contributed by atoms with van der Waals surface area (Å²) in [7, 11) is 0. The van der Waals surface area contributed by atoms with Gasteiger partial charge in [-0.1, -0.05) is 41.4 Å². The lowest BCUT2D eigenvalue weighted by molar-refractivity contribution is 1.23. The zero-order valence-corrected chi connectivity index (χ0v) is 17.7. The Hall–Kier alpha value is -1.85. The van der Waals surface area contributed by atoms with Crippen LogP contribution in [0, 0.1) is 13.8 Å². The van der Waals surface area contributed by atoms with Gasteiger partial charge in [0.15, 0.2) is 0 Å². The molecule has 1 N–H and O–H groups in total. The number of hydrogen-bond acceptors (Lipinski definition) is 4. The van der Waals surface area contributed by atoms with Crippen molar-refractivity contribution >= 4 is 68.7 Å². The van der Waals surface area contributed by atoms with Gasteiger partial charge in [-0.05, 0) is 48.7 Å². The molecule has 4 rings (SSSR count). The van der Waals surface area contributed by atoms with Crippen molar-refractivity contribution in [3.8, 4) is 11.1 Å². The van der Waals surface area contributed by atoms with Crippen LogP contribution in [0.15, 0.2) is 48.1 Å². The molecule has 2 aromatic heterocycles. The third-order valence-corrected chi connectivity index (χ3v) is 5.64. The van der Waals surface area contributed by atoms with E-state index >= 15 is 0 Å². The first-order valence-electron chi connectivity index (χ1n) is 8.04. The van der Waals surface area contributed by atoms with Crippen molar-refractivity contribution in [3.63, 3.8) is 0 Å². The summed E-state index contributed by atoms with van der Waals surface area (Å²) >= 11 is 13.8. The molecule has 0 atom stereocenters. The van der Waals surface area contributed by atoms with Gasteiger partial charge >= 0.3 is 0 Å². The lowest BCUT2D eigenvalue weighted by Gasteiger charge is -2.10. The summed E-state index contributed by atoms with van der Waals surface area (Å²) in [5, 5.41) is 7.61. The molecule has 0 bridgehead atoms. The van der Waals surface area contributed by atoms with Gasteiger partial charge in [0.2, 0.25) is 0 Å². The number of anilines is 2. The minimum atomic E-state index is 0. The molecule has 0 unspecified atom stereocenters. The Morgan fingerprint density at radius 3 is 2.37 bits per heavy atom. The standard InChI is InChI=1S/C20H15Cl2N3S.ClH/c1-11-3-4-13(5-12(11)2)17-9-26-20-18(17)19(23-10-24-20)25-16-7-14(21)6-15(22)8-16;/h3-10H,1-2H3,(H,23,24,25);1H. The van der Waals surface area contributed by atoms with Crippen molar-refractivity contribution in [2.75, 3.05) is 5.32 Å². The van der Waals surface area contributed by atoms with Gasteiger partial charge in [-0.2, -0.15) is 0 Å². The predicted octanol–water partition coefficient (Wildman–Crippen LogP) is 7.45. The van der Waals surface area contributed by atoms with Crippen LogP contribution in [0.25, 0.3) is 21.3 Å². The third-order valence-electron chi connectivity index (χ3n) is 4.31. The molecule has 2 aromatic carbocycles. The lowest BCUT2D eigenvalue weighted by Crippen LogP contribution is -1.96. The number of rotatable bonds is 3. The average Bonchev–Trinajstić information content (AvgIpc) is 3.02. The monoisotopic (exact) mass is 435 g/mol. The molecule has 0 saturated carbocycles. The van der Waals surface area contributed by atoms with E-state index in [0.29, 0.717) is 10.0 Å². The Morgan fingerprint density at radius 1 is 0.926 bits per heavy atom. The van der Waals surface area contributed by atoms with Crippen LogP contribution >= 0.6 is 46.9 Å². The molecule has 7 heteroatoms. The summed E-state index contributed by atoms with van der Waals surface area (Å²) in [6.07, 6.45) is 1.57. The molecule has 0 aliphatic heterocycles. The number of halogens is 3. The third kappa shape index (κ3) is 4.04. The van der Waals surface area contributed by atoms with Gasteiger partial charge in [-0.25, -0.2) is 9.97 Å². The van der Waals surface area contributed by atoms with Crippen molar-refractivity contribution in [1.82, 2.24) is 9.97 Å². The second-order valence-corrected chi connectivity index (χ2v) is 7.86. The molecule has 0 fully saturated rings. The van der Waals surface area contributed by atoms with Gasteiger partial charge in [0, 0.05) is 26.7 Å². The van der Waals surface area contributed by atoms with Crippen LogP contribution in [0.5, 0.6) is 0 Å². The van der Waals surface area contributed by atoms with E-state index < -0.39 is 0 Å². The van der Waals surface area contributed by atoms with Crippen LogP contribution in [0.1, 0.15) is 11.1 Å². The first-order chi connectivity index (χ1) is 12.5. The summed E-state index contributed by atoms with van der Waals surface area (Å²) in [6, 6.07) is 11.8. The van der Waals surface area contributed by atoms with E-state index in [1.807, 2.05) is 12.1 Å². The minimum Gasteiger partial charge on any atom is -0.339 e. The van der Waals surface area contributed by atoms with E-state index in [4.69, 9.17) is 23.2 Å². The number of nitrogens with one attached hydrogen (secondary N) is 1. The fraction of sp³-hybridized carbons (Fsp3) is 0.100. The quantitative estimate of drug-likeness (QED) is 0.362. The highest BCUT2D eigenvalue weighted by Crippen LogP contribution is 2.38. The molecule has 0 spiro atoms. The Kier molecular flexibility index (Phi) is 5.92. The van der Waals surface area contributed by atoms with Gasteiger partial charge in [0.1, 0.15) is 17.0 Å². The van der Waals surface area contributed by atoms with E-state index in [0.717, 1.165) is 32.8 Å². The van der Waals surface area contributed by atoms with Crippen molar-refractivity contribution in [2.45, 2.75) is 13.8 Å². The predicted molar refractivity (Wildman–Crippen MR) is 119 cm³/mol. The maximum Gasteiger partial charge on any atom is 0.143 e. The van der Waals surface area contributed by atoms with E-state index in [1.54, 1.807) is 23.7 Å². The largest absolute Gasteiger partial charge is 0.339 e. The molecule has 4 aromatic rings. The lowest BCUT2D eigenvalue weighted by atomic mass is 10.0. The maximum atomic E-state index is 6.12. The zero-order valence-electron chi connectivity index (χ0n) is 14.6. The van der Waals surface area contributed by atoms with Crippen LogP contribution in [-0.2, 0) is 0 Å². The fourth-order valence-corrected chi connectivity index (χ4v) is 4.30. The molecular formula is C20H16Cl3N3S. The Labute approximate surface area is 177 Å². The summed E-state index contributed by atoms with van der Waals surface area (Å²) in [6.45, 7) is 4.24. The summed E-state index contributed by atoms with van der Waals surface area (Å²) < 4.78 is 0. The van der Waals surface area contributed by atoms with E-state index in [9.17, 15) is 0 Å². The van der Waals surface area contributed by atoms with Crippen LogP contribution in [-0.4, -0.2) is 9.97 Å². The Balaban J connectivity index is 0.00000210. The molecule has 0 amide bonds. The summed E-state index contributed by atoms with van der Waals surface area (Å²) in [5.74, 6) is 0.739. The second kappa shape index (κ2) is 8.03. The normalized spacial score (nSPS) is 10.7. The van der Waals surface area contributed by atoms with Gasteiger partial charge in [-0.15, -0.1) is 23.7 Å². The topological polar surface area (TPSA) is 37.8 Å². The second-order valence-electron chi connectivity index (χ2n) is 6.13. The number of fused-ring (bicyclic) bond motifs is 1. The number of aromatic nitrogens is 2. The smallest absolute Gasteiger partial charge is 0.143 e. The highest BCUT2D eigenvalue weighted by molar-refractivity contribution is 7.17. The van der Waals surface area contributed by atoms with Crippen molar-refractivity contribution < 1.29 is 0 Å². The van der Waals surface area contributed by atoms with Crippen molar-refractivity contribution in [2.24, 2.45) is 0 Å².